The van der Waals surface area contributed by atoms with E-state index in [2.05, 4.69) is 30.2 Å². The topological polar surface area (TPSA) is 12.0 Å². The summed E-state index contributed by atoms with van der Waals surface area (Å²) < 4.78 is 0.567. The van der Waals surface area contributed by atoms with E-state index in [0.29, 0.717) is 4.32 Å². The SMILES string of the molecule is CCNC(=S)S.[K]. The van der Waals surface area contributed by atoms with E-state index in [4.69, 9.17) is 0 Å². The van der Waals surface area contributed by atoms with Gasteiger partial charge in [0.15, 0.2) is 0 Å². The molecule has 0 fully saturated rings. The molecule has 1 nitrogen and oxygen atoms in total. The zero-order valence-corrected chi connectivity index (χ0v) is 9.40. The number of thiocarbonyl (C=S) groups is 1. The fourth-order valence-corrected chi connectivity index (χ4v) is 0.454. The van der Waals surface area contributed by atoms with Gasteiger partial charge in [0.25, 0.3) is 0 Å². The molecule has 0 aliphatic carbocycles. The molecule has 0 saturated carbocycles. The number of thiol groups is 1. The Hall–Kier alpha value is 1.88. The van der Waals surface area contributed by atoms with Crippen LogP contribution in [0.2, 0.25) is 0 Å². The predicted molar refractivity (Wildman–Crippen MR) is 41.0 cm³/mol. The van der Waals surface area contributed by atoms with Crippen molar-refractivity contribution in [3.05, 3.63) is 0 Å². The Morgan fingerprint density at radius 1 is 1.86 bits per heavy atom. The molecule has 0 saturated heterocycles. The maximum Gasteiger partial charge on any atom is 0.130 e. The van der Waals surface area contributed by atoms with Crippen LogP contribution in [-0.2, 0) is 0 Å². The number of hydrogen-bond acceptors (Lipinski definition) is 1. The molecule has 1 N–H and O–H groups in total. The molecule has 0 unspecified atom stereocenters. The third kappa shape index (κ3) is 11.4. The summed E-state index contributed by atoms with van der Waals surface area (Å²) in [7, 11) is 0. The van der Waals surface area contributed by atoms with Crippen molar-refractivity contribution in [1.29, 1.82) is 0 Å². The number of rotatable bonds is 1. The van der Waals surface area contributed by atoms with Crippen LogP contribution in [0.25, 0.3) is 0 Å². The van der Waals surface area contributed by atoms with Gasteiger partial charge in [-0.3, -0.25) is 0 Å². The van der Waals surface area contributed by atoms with Crippen molar-refractivity contribution < 1.29 is 0 Å². The van der Waals surface area contributed by atoms with Crippen LogP contribution in [0, 0.1) is 0 Å². The molecule has 7 heavy (non-hydrogen) atoms. The fraction of sp³-hybridized carbons (Fsp3) is 0.667. The normalized spacial score (nSPS) is 6.57. The molecule has 0 heterocycles. The van der Waals surface area contributed by atoms with E-state index in [0.717, 1.165) is 6.54 Å². The molecule has 37 valence electrons. The van der Waals surface area contributed by atoms with Crippen LogP contribution in [0.15, 0.2) is 0 Å². The molecular weight excluding hydrogens is 153 g/mol. The van der Waals surface area contributed by atoms with Crippen molar-refractivity contribution in [2.75, 3.05) is 6.54 Å². The van der Waals surface area contributed by atoms with Crippen molar-refractivity contribution in [2.24, 2.45) is 0 Å². The van der Waals surface area contributed by atoms with E-state index < -0.39 is 0 Å². The van der Waals surface area contributed by atoms with Gasteiger partial charge in [-0.1, -0.05) is 12.2 Å². The Balaban J connectivity index is 0. The first kappa shape index (κ1) is 11.6. The van der Waals surface area contributed by atoms with Gasteiger partial charge in [0.1, 0.15) is 4.32 Å². The second-order valence-electron chi connectivity index (χ2n) is 0.835. The molecule has 0 amide bonds. The van der Waals surface area contributed by atoms with E-state index in [1.807, 2.05) is 6.92 Å². The summed E-state index contributed by atoms with van der Waals surface area (Å²) in [6.45, 7) is 2.84. The largest absolute Gasteiger partial charge is 0.371 e. The van der Waals surface area contributed by atoms with Crippen LogP contribution in [0.4, 0.5) is 0 Å². The summed E-state index contributed by atoms with van der Waals surface area (Å²) in [6.07, 6.45) is 0. The third-order valence-electron chi connectivity index (χ3n) is 0.328. The molecule has 0 aromatic carbocycles. The third-order valence-corrected chi connectivity index (χ3v) is 0.630. The van der Waals surface area contributed by atoms with E-state index >= 15 is 0 Å². The van der Waals surface area contributed by atoms with Gasteiger partial charge in [0.05, 0.1) is 0 Å². The molecule has 0 aromatic heterocycles. The summed E-state index contributed by atoms with van der Waals surface area (Å²) in [4.78, 5) is 0. The molecule has 0 aromatic rings. The summed E-state index contributed by atoms with van der Waals surface area (Å²) in [6, 6.07) is 0. The first-order chi connectivity index (χ1) is 2.77. The molecular formula is C3H7KNS2. The van der Waals surface area contributed by atoms with Crippen molar-refractivity contribution >= 4 is 80.6 Å². The quantitative estimate of drug-likeness (QED) is 0.328. The van der Waals surface area contributed by atoms with Gasteiger partial charge in [-0.15, -0.1) is 12.6 Å². The van der Waals surface area contributed by atoms with Gasteiger partial charge < -0.3 is 5.32 Å². The van der Waals surface area contributed by atoms with Gasteiger partial charge in [0, 0.05) is 57.9 Å². The Kier molecular flexibility index (Phi) is 13.1. The summed E-state index contributed by atoms with van der Waals surface area (Å²) in [5.41, 5.74) is 0. The average Bonchev–Trinajstić information content (AvgIpc) is 1.35. The Bertz CT molecular complexity index is 56.9. The smallest absolute Gasteiger partial charge is 0.130 e. The van der Waals surface area contributed by atoms with Gasteiger partial charge >= 0.3 is 0 Å². The monoisotopic (exact) mass is 160 g/mol. The molecule has 0 atom stereocenters. The Labute approximate surface area is 97.5 Å². The zero-order valence-electron chi connectivity index (χ0n) is 4.56. The van der Waals surface area contributed by atoms with Crippen LogP contribution in [0.1, 0.15) is 6.92 Å². The predicted octanol–water partition coefficient (Wildman–Crippen LogP) is 0.430. The standard InChI is InChI=1S/C3H7NS2.K/c1-2-4-3(5)6;/h2H2,1H3,(H2,4,5,6);. The molecule has 0 aliphatic heterocycles. The maximum atomic E-state index is 4.55. The minimum atomic E-state index is 0. The van der Waals surface area contributed by atoms with Crippen LogP contribution < -0.4 is 5.32 Å². The van der Waals surface area contributed by atoms with Crippen LogP contribution in [-0.4, -0.2) is 62.2 Å². The molecule has 0 rings (SSSR count). The average molecular weight is 160 g/mol. The minimum Gasteiger partial charge on any atom is -0.371 e. The molecule has 0 bridgehead atoms. The molecule has 0 aliphatic rings. The van der Waals surface area contributed by atoms with Gasteiger partial charge in [-0.05, 0) is 6.92 Å². The second-order valence-corrected chi connectivity index (χ2v) is 1.99. The van der Waals surface area contributed by atoms with Crippen molar-refractivity contribution in [2.45, 2.75) is 6.92 Å². The molecule has 0 spiro atoms. The van der Waals surface area contributed by atoms with Crippen LogP contribution >= 0.6 is 24.8 Å². The van der Waals surface area contributed by atoms with Gasteiger partial charge in [-0.2, -0.15) is 0 Å². The number of nitrogens with one attached hydrogen (secondary N) is 1. The molecule has 1 radical (unpaired) electrons. The Morgan fingerprint density at radius 3 is 2.29 bits per heavy atom. The van der Waals surface area contributed by atoms with Crippen molar-refractivity contribution in [1.82, 2.24) is 5.32 Å². The van der Waals surface area contributed by atoms with E-state index in [1.54, 1.807) is 0 Å². The maximum absolute atomic E-state index is 4.55. The fourth-order valence-electron chi connectivity index (χ4n) is 0.151. The summed E-state index contributed by atoms with van der Waals surface area (Å²) in [5, 5.41) is 2.80. The molecule has 4 heteroatoms. The first-order valence-electron chi connectivity index (χ1n) is 1.74. The van der Waals surface area contributed by atoms with E-state index in [-0.39, 0.29) is 51.4 Å². The van der Waals surface area contributed by atoms with E-state index in [1.165, 1.54) is 0 Å². The van der Waals surface area contributed by atoms with E-state index in [9.17, 15) is 0 Å². The second kappa shape index (κ2) is 7.88. The summed E-state index contributed by atoms with van der Waals surface area (Å²) in [5.74, 6) is 0. The van der Waals surface area contributed by atoms with Crippen molar-refractivity contribution in [3.8, 4) is 0 Å². The van der Waals surface area contributed by atoms with Gasteiger partial charge in [0.2, 0.25) is 0 Å². The van der Waals surface area contributed by atoms with Gasteiger partial charge in [-0.25, -0.2) is 0 Å². The van der Waals surface area contributed by atoms with Crippen LogP contribution in [0.5, 0.6) is 0 Å². The van der Waals surface area contributed by atoms with Crippen LogP contribution in [0.3, 0.4) is 0 Å². The zero-order chi connectivity index (χ0) is 4.99. The van der Waals surface area contributed by atoms with Crippen molar-refractivity contribution in [3.63, 3.8) is 0 Å². The Morgan fingerprint density at radius 2 is 2.29 bits per heavy atom. The minimum absolute atomic E-state index is 0. The summed E-state index contributed by atoms with van der Waals surface area (Å²) >= 11 is 8.35. The first-order valence-corrected chi connectivity index (χ1v) is 2.59. The number of hydrogen-bond donors (Lipinski definition) is 2.